The highest BCUT2D eigenvalue weighted by Crippen LogP contribution is 2.32. The monoisotopic (exact) mass is 286 g/mol. The second-order valence-electron chi connectivity index (χ2n) is 5.63. The van der Waals surface area contributed by atoms with E-state index in [9.17, 15) is 10.1 Å². The van der Waals surface area contributed by atoms with Gasteiger partial charge in [-0.2, -0.15) is 0 Å². The fourth-order valence-corrected chi connectivity index (χ4v) is 3.08. The molecule has 0 unspecified atom stereocenters. The van der Waals surface area contributed by atoms with E-state index in [2.05, 4.69) is 29.0 Å². The number of fused-ring (bicyclic) bond motifs is 1. The number of nitro groups is 1. The van der Waals surface area contributed by atoms with Gasteiger partial charge in [-0.25, -0.2) is 0 Å². The van der Waals surface area contributed by atoms with Gasteiger partial charge in [-0.3, -0.25) is 15.1 Å². The Morgan fingerprint density at radius 1 is 1.29 bits per heavy atom. The van der Waals surface area contributed by atoms with Crippen LogP contribution in [0.15, 0.2) is 30.5 Å². The quantitative estimate of drug-likeness (QED) is 0.677. The molecule has 0 radical (unpaired) electrons. The van der Waals surface area contributed by atoms with E-state index in [1.54, 1.807) is 24.4 Å². The Kier molecular flexibility index (Phi) is 3.47. The Morgan fingerprint density at radius 3 is 2.67 bits per heavy atom. The largest absolute Gasteiger partial charge is 0.367 e. The Bertz CT molecular complexity index is 678. The van der Waals surface area contributed by atoms with Gasteiger partial charge in [0.2, 0.25) is 0 Å². The Balaban J connectivity index is 2.11. The number of nitrogens with zero attached hydrogens (tertiary/aromatic N) is 3. The number of non-ortho nitro benzene ring substituents is 1. The maximum atomic E-state index is 11.2. The third-order valence-electron chi connectivity index (χ3n) is 3.82. The lowest BCUT2D eigenvalue weighted by Gasteiger charge is -2.37. The van der Waals surface area contributed by atoms with E-state index in [1.807, 2.05) is 6.07 Å². The number of aromatic nitrogens is 1. The van der Waals surface area contributed by atoms with Crippen LogP contribution in [0.5, 0.6) is 0 Å². The van der Waals surface area contributed by atoms with Gasteiger partial charge in [-0.15, -0.1) is 0 Å². The molecule has 1 saturated heterocycles. The van der Waals surface area contributed by atoms with Crippen LogP contribution in [-0.2, 0) is 0 Å². The maximum Gasteiger partial charge on any atom is 0.278 e. The summed E-state index contributed by atoms with van der Waals surface area (Å²) < 4.78 is 0. The van der Waals surface area contributed by atoms with Crippen LogP contribution in [0.2, 0.25) is 0 Å². The molecule has 21 heavy (non-hydrogen) atoms. The van der Waals surface area contributed by atoms with Crippen molar-refractivity contribution in [2.75, 3.05) is 18.0 Å². The molecule has 3 rings (SSSR count). The smallest absolute Gasteiger partial charge is 0.278 e. The first-order chi connectivity index (χ1) is 10.1. The SMILES string of the molecule is C[C@H]1CN(c2ccc([N+](=O)[O-])c3cccnc23)C[C@H](C)N1. The predicted octanol–water partition coefficient (Wildman–Crippen LogP) is 2.33. The standard InChI is InChI=1S/C15H18N4O2/c1-10-8-18(9-11(2)17-10)14-6-5-13(19(20)21)12-4-3-7-16-15(12)14/h3-7,10-11,17H,8-9H2,1-2H3/t10-,11-/m0/s1. The van der Waals surface area contributed by atoms with Crippen molar-refractivity contribution in [2.24, 2.45) is 0 Å². The van der Waals surface area contributed by atoms with E-state index in [4.69, 9.17) is 0 Å². The molecule has 110 valence electrons. The Labute approximate surface area is 122 Å². The van der Waals surface area contributed by atoms with E-state index in [0.29, 0.717) is 23.0 Å². The summed E-state index contributed by atoms with van der Waals surface area (Å²) in [5, 5.41) is 15.2. The number of hydrogen-bond acceptors (Lipinski definition) is 5. The summed E-state index contributed by atoms with van der Waals surface area (Å²) in [6, 6.07) is 7.65. The van der Waals surface area contributed by atoms with Gasteiger partial charge in [0.25, 0.3) is 5.69 Å². The van der Waals surface area contributed by atoms with Crippen molar-refractivity contribution in [3.63, 3.8) is 0 Å². The number of hydrogen-bond donors (Lipinski definition) is 1. The van der Waals surface area contributed by atoms with E-state index >= 15 is 0 Å². The van der Waals surface area contributed by atoms with Gasteiger partial charge in [0.1, 0.15) is 5.52 Å². The molecule has 1 N–H and O–H groups in total. The van der Waals surface area contributed by atoms with E-state index in [1.165, 1.54) is 0 Å². The summed E-state index contributed by atoms with van der Waals surface area (Å²) in [5.41, 5.74) is 1.78. The normalized spacial score (nSPS) is 22.5. The maximum absolute atomic E-state index is 11.2. The van der Waals surface area contributed by atoms with Gasteiger partial charge in [-0.1, -0.05) is 0 Å². The second kappa shape index (κ2) is 5.29. The molecule has 1 fully saturated rings. The first-order valence-corrected chi connectivity index (χ1v) is 7.09. The third-order valence-corrected chi connectivity index (χ3v) is 3.82. The molecule has 2 heterocycles. The summed E-state index contributed by atoms with van der Waals surface area (Å²) in [4.78, 5) is 17.4. The minimum Gasteiger partial charge on any atom is -0.367 e. The molecule has 1 aromatic carbocycles. The number of rotatable bonds is 2. The molecule has 0 saturated carbocycles. The van der Waals surface area contributed by atoms with Crippen LogP contribution in [0.1, 0.15) is 13.8 Å². The lowest BCUT2D eigenvalue weighted by atomic mass is 10.1. The summed E-state index contributed by atoms with van der Waals surface area (Å²) in [6.45, 7) is 6.02. The van der Waals surface area contributed by atoms with Gasteiger partial charge in [0, 0.05) is 37.4 Å². The van der Waals surface area contributed by atoms with Crippen LogP contribution < -0.4 is 10.2 Å². The van der Waals surface area contributed by atoms with Gasteiger partial charge in [0.05, 0.1) is 16.0 Å². The minimum atomic E-state index is -0.350. The van der Waals surface area contributed by atoms with E-state index in [0.717, 1.165) is 18.8 Å². The zero-order valence-corrected chi connectivity index (χ0v) is 12.1. The number of benzene rings is 1. The molecule has 2 atom stereocenters. The molecular formula is C15H18N4O2. The number of piperazine rings is 1. The van der Waals surface area contributed by atoms with Crippen LogP contribution in [-0.4, -0.2) is 35.1 Å². The number of nitrogens with one attached hydrogen (secondary N) is 1. The first-order valence-electron chi connectivity index (χ1n) is 7.09. The van der Waals surface area contributed by atoms with Gasteiger partial charge < -0.3 is 10.2 Å². The van der Waals surface area contributed by atoms with Crippen LogP contribution in [0.3, 0.4) is 0 Å². The van der Waals surface area contributed by atoms with Crippen LogP contribution in [0.25, 0.3) is 10.9 Å². The first kappa shape index (κ1) is 13.8. The van der Waals surface area contributed by atoms with Crippen molar-refractivity contribution in [1.29, 1.82) is 0 Å². The molecular weight excluding hydrogens is 268 g/mol. The summed E-state index contributed by atoms with van der Waals surface area (Å²) in [7, 11) is 0. The molecule has 2 aromatic rings. The highest BCUT2D eigenvalue weighted by atomic mass is 16.6. The van der Waals surface area contributed by atoms with Crippen LogP contribution in [0.4, 0.5) is 11.4 Å². The minimum absolute atomic E-state index is 0.109. The molecule has 0 spiro atoms. The zero-order chi connectivity index (χ0) is 15.0. The Hall–Kier alpha value is -2.21. The lowest BCUT2D eigenvalue weighted by molar-refractivity contribution is -0.383. The highest BCUT2D eigenvalue weighted by Gasteiger charge is 2.24. The van der Waals surface area contributed by atoms with Crippen molar-refractivity contribution in [1.82, 2.24) is 10.3 Å². The molecule has 1 aromatic heterocycles. The molecule has 6 nitrogen and oxygen atoms in total. The van der Waals surface area contributed by atoms with Crippen molar-refractivity contribution in [3.8, 4) is 0 Å². The highest BCUT2D eigenvalue weighted by molar-refractivity contribution is 5.97. The predicted molar refractivity (Wildman–Crippen MR) is 82.7 cm³/mol. The summed E-state index contributed by atoms with van der Waals surface area (Å²) >= 11 is 0. The fraction of sp³-hybridized carbons (Fsp3) is 0.400. The van der Waals surface area contributed by atoms with Crippen molar-refractivity contribution < 1.29 is 4.92 Å². The fourth-order valence-electron chi connectivity index (χ4n) is 3.08. The number of pyridine rings is 1. The van der Waals surface area contributed by atoms with Crippen molar-refractivity contribution in [3.05, 3.63) is 40.6 Å². The molecule has 6 heteroatoms. The molecule has 1 aliphatic heterocycles. The third kappa shape index (κ3) is 2.54. The van der Waals surface area contributed by atoms with Gasteiger partial charge in [-0.05, 0) is 32.0 Å². The van der Waals surface area contributed by atoms with E-state index < -0.39 is 0 Å². The second-order valence-corrected chi connectivity index (χ2v) is 5.63. The van der Waals surface area contributed by atoms with Crippen molar-refractivity contribution in [2.45, 2.75) is 25.9 Å². The van der Waals surface area contributed by atoms with E-state index in [-0.39, 0.29) is 10.6 Å². The lowest BCUT2D eigenvalue weighted by Crippen LogP contribution is -2.54. The zero-order valence-electron chi connectivity index (χ0n) is 12.1. The molecule has 0 aliphatic carbocycles. The topological polar surface area (TPSA) is 71.3 Å². The Morgan fingerprint density at radius 2 is 2.00 bits per heavy atom. The van der Waals surface area contributed by atoms with Crippen molar-refractivity contribution >= 4 is 22.3 Å². The number of nitro benzene ring substituents is 1. The van der Waals surface area contributed by atoms with Gasteiger partial charge >= 0.3 is 0 Å². The van der Waals surface area contributed by atoms with Crippen LogP contribution in [0, 0.1) is 10.1 Å². The average Bonchev–Trinajstić information content (AvgIpc) is 2.44. The molecule has 1 aliphatic rings. The van der Waals surface area contributed by atoms with Gasteiger partial charge in [0.15, 0.2) is 0 Å². The van der Waals surface area contributed by atoms with Crippen LogP contribution >= 0.6 is 0 Å². The summed E-state index contributed by atoms with van der Waals surface area (Å²) in [5.74, 6) is 0. The molecule has 0 bridgehead atoms. The number of anilines is 1. The average molecular weight is 286 g/mol. The molecule has 0 amide bonds. The summed E-state index contributed by atoms with van der Waals surface area (Å²) in [6.07, 6.45) is 1.69.